The molecule has 0 unspecified atom stereocenters. The first-order chi connectivity index (χ1) is 8.07. The van der Waals surface area contributed by atoms with Crippen molar-refractivity contribution < 1.29 is 18.4 Å². The van der Waals surface area contributed by atoms with Crippen LogP contribution in [0.5, 0.6) is 0 Å². The predicted molar refractivity (Wildman–Crippen MR) is 78.6 cm³/mol. The monoisotopic (exact) mass is 449 g/mol. The molecule has 0 aliphatic heterocycles. The number of nitrogens with zero attached hydrogens (tertiary/aromatic N) is 1. The number of aliphatic hydroxyl groups is 1. The SMILES string of the molecule is CS(=O)(=O)[C@](Br)(I)[C@@H](O)c1ccc([N+](=O)[O-])cc1. The Kier molecular flexibility index (Phi) is 4.73. The first-order valence-corrected chi connectivity index (χ1v) is 8.33. The van der Waals surface area contributed by atoms with E-state index < -0.39 is 22.5 Å². The smallest absolute Gasteiger partial charge is 0.269 e. The van der Waals surface area contributed by atoms with Crippen molar-refractivity contribution in [2.24, 2.45) is 0 Å². The highest BCUT2D eigenvalue weighted by Gasteiger charge is 2.43. The molecule has 1 aromatic rings. The van der Waals surface area contributed by atoms with Gasteiger partial charge < -0.3 is 5.11 Å². The molecule has 6 nitrogen and oxygen atoms in total. The van der Waals surface area contributed by atoms with Gasteiger partial charge in [-0.2, -0.15) is 0 Å². The summed E-state index contributed by atoms with van der Waals surface area (Å²) in [4.78, 5) is 9.90. The number of sulfone groups is 1. The fourth-order valence-electron chi connectivity index (χ4n) is 1.18. The summed E-state index contributed by atoms with van der Waals surface area (Å²) in [6.07, 6.45) is -0.350. The van der Waals surface area contributed by atoms with E-state index in [1.165, 1.54) is 24.3 Å². The highest BCUT2D eigenvalue weighted by Crippen LogP contribution is 2.44. The minimum Gasteiger partial charge on any atom is -0.385 e. The van der Waals surface area contributed by atoms with Gasteiger partial charge in [-0.1, -0.05) is 15.9 Å². The molecule has 18 heavy (non-hydrogen) atoms. The third-order valence-corrected chi connectivity index (χ3v) is 8.63. The van der Waals surface area contributed by atoms with E-state index >= 15 is 0 Å². The Hall–Kier alpha value is -0.260. The van der Waals surface area contributed by atoms with Crippen molar-refractivity contribution in [3.05, 3.63) is 39.9 Å². The Morgan fingerprint density at radius 2 is 1.89 bits per heavy atom. The fraction of sp³-hybridized carbons (Fsp3) is 0.333. The van der Waals surface area contributed by atoms with Crippen LogP contribution in [-0.4, -0.2) is 26.4 Å². The first kappa shape index (κ1) is 15.8. The van der Waals surface area contributed by atoms with Gasteiger partial charge in [0.1, 0.15) is 6.10 Å². The van der Waals surface area contributed by atoms with Gasteiger partial charge in [-0.05, 0) is 40.3 Å². The topological polar surface area (TPSA) is 97.5 Å². The molecular weight excluding hydrogens is 441 g/mol. The zero-order valence-electron chi connectivity index (χ0n) is 9.08. The number of halogens is 2. The lowest BCUT2D eigenvalue weighted by Crippen LogP contribution is -2.31. The van der Waals surface area contributed by atoms with Crippen molar-refractivity contribution in [2.45, 2.75) is 7.77 Å². The summed E-state index contributed by atoms with van der Waals surface area (Å²) in [5.74, 6) is 0. The van der Waals surface area contributed by atoms with Crippen LogP contribution < -0.4 is 0 Å². The van der Waals surface area contributed by atoms with E-state index in [0.29, 0.717) is 0 Å². The summed E-state index contributed by atoms with van der Waals surface area (Å²) in [5.41, 5.74) is 0.149. The standard InChI is InChI=1S/C9H9BrINO5S/c1-18(16,17)9(10,11)8(13)6-2-4-7(5-3-6)12(14)15/h2-5,8,13H,1H3/t8-,9+/m0/s1. The van der Waals surface area contributed by atoms with Crippen molar-refractivity contribution in [1.82, 2.24) is 0 Å². The maximum absolute atomic E-state index is 11.5. The number of rotatable bonds is 4. The van der Waals surface area contributed by atoms with Gasteiger partial charge in [0.15, 0.2) is 9.84 Å². The van der Waals surface area contributed by atoms with Crippen LogP contribution in [0.1, 0.15) is 11.7 Å². The van der Waals surface area contributed by atoms with E-state index in [-0.39, 0.29) is 11.3 Å². The molecule has 0 aliphatic rings. The molecule has 1 rings (SSSR count). The first-order valence-electron chi connectivity index (χ1n) is 4.57. The van der Waals surface area contributed by atoms with E-state index in [1.807, 2.05) is 0 Å². The van der Waals surface area contributed by atoms with Gasteiger partial charge in [0.25, 0.3) is 5.69 Å². The van der Waals surface area contributed by atoms with Crippen LogP contribution in [0.25, 0.3) is 0 Å². The molecule has 0 fully saturated rings. The van der Waals surface area contributed by atoms with Crippen molar-refractivity contribution in [1.29, 1.82) is 0 Å². The maximum Gasteiger partial charge on any atom is 0.269 e. The Balaban J connectivity index is 3.12. The van der Waals surface area contributed by atoms with Crippen molar-refractivity contribution in [3.8, 4) is 0 Å². The Morgan fingerprint density at radius 3 is 2.22 bits per heavy atom. The third kappa shape index (κ3) is 3.19. The second-order valence-corrected chi connectivity index (χ2v) is 11.5. The molecule has 1 aromatic carbocycles. The van der Waals surface area contributed by atoms with Crippen molar-refractivity contribution >= 4 is 54.0 Å². The van der Waals surface area contributed by atoms with Crippen molar-refractivity contribution in [3.63, 3.8) is 0 Å². The lowest BCUT2D eigenvalue weighted by molar-refractivity contribution is -0.384. The maximum atomic E-state index is 11.5. The molecular formula is C9H9BrINO5S. The zero-order chi connectivity index (χ0) is 14.1. The van der Waals surface area contributed by atoms with Crippen molar-refractivity contribution in [2.75, 3.05) is 6.26 Å². The molecule has 0 aromatic heterocycles. The third-order valence-electron chi connectivity index (χ3n) is 2.23. The molecule has 0 amide bonds. The highest BCUT2D eigenvalue weighted by atomic mass is 127. The summed E-state index contributed by atoms with van der Waals surface area (Å²) in [7, 11) is -3.56. The van der Waals surface area contributed by atoms with Gasteiger partial charge in [0.05, 0.1) is 4.92 Å². The van der Waals surface area contributed by atoms with Crippen LogP contribution in [0, 0.1) is 10.1 Å². The number of nitro groups is 1. The minimum absolute atomic E-state index is 0.126. The van der Waals surface area contributed by atoms with Gasteiger partial charge >= 0.3 is 0 Å². The summed E-state index contributed by atoms with van der Waals surface area (Å²) < 4.78 is 21.5. The highest BCUT2D eigenvalue weighted by molar-refractivity contribution is 14.1. The number of alkyl halides is 2. The van der Waals surface area contributed by atoms with E-state index in [2.05, 4.69) is 15.9 Å². The van der Waals surface area contributed by atoms with E-state index in [0.717, 1.165) is 6.26 Å². The molecule has 0 radical (unpaired) electrons. The van der Waals surface area contributed by atoms with Crippen LogP contribution in [0.4, 0.5) is 5.69 Å². The Labute approximate surface area is 126 Å². The van der Waals surface area contributed by atoms with Gasteiger partial charge in [0, 0.05) is 18.4 Å². The molecule has 0 aliphatic carbocycles. The minimum atomic E-state index is -3.56. The predicted octanol–water partition coefficient (Wildman–Crippen LogP) is 2.16. The van der Waals surface area contributed by atoms with Crippen LogP contribution in [-0.2, 0) is 9.84 Å². The van der Waals surface area contributed by atoms with Gasteiger partial charge in [0.2, 0.25) is 1.66 Å². The number of hydrogen-bond donors (Lipinski definition) is 1. The quantitative estimate of drug-likeness (QED) is 0.328. The molecule has 1 N–H and O–H groups in total. The number of hydrogen-bond acceptors (Lipinski definition) is 5. The van der Waals surface area contributed by atoms with Gasteiger partial charge in [-0.25, -0.2) is 8.42 Å². The molecule has 0 saturated carbocycles. The van der Waals surface area contributed by atoms with E-state index in [4.69, 9.17) is 0 Å². The normalized spacial score (nSPS) is 16.9. The number of non-ortho nitro benzene ring substituents is 1. The lowest BCUT2D eigenvalue weighted by Gasteiger charge is -2.24. The number of benzene rings is 1. The van der Waals surface area contributed by atoms with Gasteiger partial charge in [-0.15, -0.1) is 0 Å². The Bertz CT molecular complexity index is 557. The average Bonchev–Trinajstić information content (AvgIpc) is 2.26. The molecule has 0 saturated heterocycles. The average molecular weight is 450 g/mol. The molecule has 2 atom stereocenters. The second-order valence-electron chi connectivity index (χ2n) is 3.59. The zero-order valence-corrected chi connectivity index (χ0v) is 13.6. The largest absolute Gasteiger partial charge is 0.385 e. The lowest BCUT2D eigenvalue weighted by atomic mass is 10.1. The summed E-state index contributed by atoms with van der Waals surface area (Å²) in [6, 6.07) is 5.06. The van der Waals surface area contributed by atoms with Crippen LogP contribution in [0.2, 0.25) is 0 Å². The van der Waals surface area contributed by atoms with E-state index in [1.54, 1.807) is 22.6 Å². The van der Waals surface area contributed by atoms with Crippen LogP contribution in [0.15, 0.2) is 24.3 Å². The summed E-state index contributed by atoms with van der Waals surface area (Å²) in [5, 5.41) is 20.5. The molecule has 0 heterocycles. The fourth-order valence-corrected chi connectivity index (χ4v) is 2.34. The van der Waals surface area contributed by atoms with E-state index in [9.17, 15) is 23.6 Å². The molecule has 0 spiro atoms. The summed E-state index contributed by atoms with van der Waals surface area (Å²) >= 11 is 4.55. The summed E-state index contributed by atoms with van der Waals surface area (Å²) in [6.45, 7) is 0. The Morgan fingerprint density at radius 1 is 1.44 bits per heavy atom. The molecule has 9 heteroatoms. The molecule has 100 valence electrons. The number of aliphatic hydroxyl groups excluding tert-OH is 1. The second kappa shape index (κ2) is 5.39. The van der Waals surface area contributed by atoms with Gasteiger partial charge in [-0.3, -0.25) is 10.1 Å². The number of nitro benzene ring substituents is 1. The van der Waals surface area contributed by atoms with Crippen LogP contribution >= 0.6 is 38.5 Å². The van der Waals surface area contributed by atoms with Crippen LogP contribution in [0.3, 0.4) is 0 Å². The molecule has 0 bridgehead atoms.